The molecule has 1 fully saturated rings. The third-order valence-corrected chi connectivity index (χ3v) is 3.60. The molecule has 0 heterocycles. The van der Waals surface area contributed by atoms with Gasteiger partial charge in [0.25, 0.3) is 0 Å². The van der Waals surface area contributed by atoms with Crippen LogP contribution in [0.1, 0.15) is 44.9 Å². The topological polar surface area (TPSA) is 29.4 Å². The van der Waals surface area contributed by atoms with Gasteiger partial charge in [0.2, 0.25) is 0 Å². The largest absolute Gasteiger partial charge is 0.293 e. The van der Waals surface area contributed by atoms with E-state index in [4.69, 9.17) is 0 Å². The van der Waals surface area contributed by atoms with E-state index >= 15 is 0 Å². The first-order chi connectivity index (χ1) is 8.86. The van der Waals surface area contributed by atoms with Crippen LogP contribution in [0.2, 0.25) is 0 Å². The standard InChI is InChI=1S/C16H21NO/c18-16(13-17-15-11-7-4-8-12-15)14-9-5-2-1-3-6-10-14/h4,7-8,11-14H,1-3,5-6,9-10H2. The van der Waals surface area contributed by atoms with Crippen molar-refractivity contribution in [3.8, 4) is 0 Å². The SMILES string of the molecule is O=C(C=Nc1ccccc1)C1CCCCCCC1. The van der Waals surface area contributed by atoms with Crippen molar-refractivity contribution in [2.45, 2.75) is 44.9 Å². The Kier molecular flexibility index (Phi) is 5.13. The lowest BCUT2D eigenvalue weighted by molar-refractivity contribution is -0.116. The highest BCUT2D eigenvalue weighted by molar-refractivity contribution is 6.28. The number of nitrogens with zero attached hydrogens (tertiary/aromatic N) is 1. The van der Waals surface area contributed by atoms with Crippen LogP contribution in [0.5, 0.6) is 0 Å². The summed E-state index contributed by atoms with van der Waals surface area (Å²) in [7, 11) is 0. The van der Waals surface area contributed by atoms with Crippen LogP contribution in [0, 0.1) is 5.92 Å². The molecule has 0 amide bonds. The molecule has 2 rings (SSSR count). The second-order valence-corrected chi connectivity index (χ2v) is 5.04. The minimum atomic E-state index is 0.206. The third kappa shape index (κ3) is 4.10. The summed E-state index contributed by atoms with van der Waals surface area (Å²) in [4.78, 5) is 16.3. The Labute approximate surface area is 109 Å². The average molecular weight is 243 g/mol. The number of carbonyl (C=O) groups excluding carboxylic acids is 1. The van der Waals surface area contributed by atoms with E-state index in [1.165, 1.54) is 38.3 Å². The van der Waals surface area contributed by atoms with Crippen molar-refractivity contribution in [2.24, 2.45) is 10.9 Å². The molecule has 1 saturated carbocycles. The van der Waals surface area contributed by atoms with Gasteiger partial charge in [-0.3, -0.25) is 9.79 Å². The van der Waals surface area contributed by atoms with Crippen LogP contribution in [-0.4, -0.2) is 12.0 Å². The first kappa shape index (κ1) is 13.0. The zero-order valence-electron chi connectivity index (χ0n) is 10.8. The van der Waals surface area contributed by atoms with Crippen LogP contribution in [0.25, 0.3) is 0 Å². The summed E-state index contributed by atoms with van der Waals surface area (Å²) in [5, 5.41) is 0. The van der Waals surface area contributed by atoms with Crippen LogP contribution in [0.3, 0.4) is 0 Å². The monoisotopic (exact) mass is 243 g/mol. The van der Waals surface area contributed by atoms with E-state index in [-0.39, 0.29) is 11.7 Å². The summed E-state index contributed by atoms with van der Waals surface area (Å²) in [6.07, 6.45) is 9.88. The summed E-state index contributed by atoms with van der Waals surface area (Å²) in [6, 6.07) is 9.67. The summed E-state index contributed by atoms with van der Waals surface area (Å²) >= 11 is 0. The number of aliphatic imine (C=N–C) groups is 1. The lowest BCUT2D eigenvalue weighted by atomic mass is 9.88. The van der Waals surface area contributed by atoms with E-state index in [0.29, 0.717) is 0 Å². The third-order valence-electron chi connectivity index (χ3n) is 3.60. The predicted molar refractivity (Wildman–Crippen MR) is 75.4 cm³/mol. The molecule has 0 aliphatic heterocycles. The van der Waals surface area contributed by atoms with E-state index in [1.54, 1.807) is 0 Å². The van der Waals surface area contributed by atoms with Crippen molar-refractivity contribution in [3.05, 3.63) is 30.3 Å². The lowest BCUT2D eigenvalue weighted by Gasteiger charge is -2.16. The maximum Gasteiger partial charge on any atom is 0.176 e. The van der Waals surface area contributed by atoms with Crippen LogP contribution in [-0.2, 0) is 4.79 Å². The van der Waals surface area contributed by atoms with Crippen molar-refractivity contribution < 1.29 is 4.79 Å². The minimum absolute atomic E-state index is 0.206. The molecule has 1 aromatic carbocycles. The van der Waals surface area contributed by atoms with Crippen LogP contribution < -0.4 is 0 Å². The second-order valence-electron chi connectivity index (χ2n) is 5.04. The van der Waals surface area contributed by atoms with Crippen molar-refractivity contribution in [1.29, 1.82) is 0 Å². The van der Waals surface area contributed by atoms with Crippen LogP contribution in [0.15, 0.2) is 35.3 Å². The van der Waals surface area contributed by atoms with Crippen molar-refractivity contribution in [2.75, 3.05) is 0 Å². The summed E-state index contributed by atoms with van der Waals surface area (Å²) in [5.41, 5.74) is 0.858. The molecule has 0 unspecified atom stereocenters. The fourth-order valence-electron chi connectivity index (χ4n) is 2.50. The Morgan fingerprint density at radius 2 is 1.61 bits per heavy atom. The molecule has 0 radical (unpaired) electrons. The number of carbonyl (C=O) groups is 1. The van der Waals surface area contributed by atoms with Gasteiger partial charge in [0.15, 0.2) is 5.78 Å². The molecule has 0 saturated heterocycles. The summed E-state index contributed by atoms with van der Waals surface area (Å²) in [5.74, 6) is 0.415. The van der Waals surface area contributed by atoms with Gasteiger partial charge in [0, 0.05) is 5.92 Å². The van der Waals surface area contributed by atoms with Gasteiger partial charge in [-0.05, 0) is 25.0 Å². The minimum Gasteiger partial charge on any atom is -0.293 e. The molecule has 2 nitrogen and oxygen atoms in total. The van der Waals surface area contributed by atoms with Crippen molar-refractivity contribution in [3.63, 3.8) is 0 Å². The highest BCUT2D eigenvalue weighted by Crippen LogP contribution is 2.22. The van der Waals surface area contributed by atoms with Gasteiger partial charge in [-0.2, -0.15) is 0 Å². The molecule has 96 valence electrons. The number of rotatable bonds is 3. The van der Waals surface area contributed by atoms with Gasteiger partial charge in [0.1, 0.15) is 0 Å². The molecule has 1 aliphatic rings. The van der Waals surface area contributed by atoms with Gasteiger partial charge < -0.3 is 0 Å². The quantitative estimate of drug-likeness (QED) is 0.727. The number of hydrogen-bond donors (Lipinski definition) is 0. The molecule has 1 aromatic rings. The van der Waals surface area contributed by atoms with E-state index in [1.807, 2.05) is 30.3 Å². The second kappa shape index (κ2) is 7.10. The Hall–Kier alpha value is -1.44. The van der Waals surface area contributed by atoms with E-state index < -0.39 is 0 Å². The normalized spacial score (nSPS) is 18.4. The van der Waals surface area contributed by atoms with Gasteiger partial charge in [-0.1, -0.05) is 50.3 Å². The van der Waals surface area contributed by atoms with Gasteiger partial charge in [-0.15, -0.1) is 0 Å². The molecule has 18 heavy (non-hydrogen) atoms. The van der Waals surface area contributed by atoms with E-state index in [9.17, 15) is 4.79 Å². The zero-order chi connectivity index (χ0) is 12.6. The number of hydrogen-bond acceptors (Lipinski definition) is 2. The molecule has 2 heteroatoms. The highest BCUT2D eigenvalue weighted by atomic mass is 16.1. The fraction of sp³-hybridized carbons (Fsp3) is 0.500. The Morgan fingerprint density at radius 1 is 1.00 bits per heavy atom. The van der Waals surface area contributed by atoms with E-state index in [0.717, 1.165) is 18.5 Å². The first-order valence-electron chi connectivity index (χ1n) is 6.99. The summed E-state index contributed by atoms with van der Waals surface area (Å²) in [6.45, 7) is 0. The molecule has 0 bridgehead atoms. The van der Waals surface area contributed by atoms with Gasteiger partial charge in [-0.25, -0.2) is 0 Å². The maximum absolute atomic E-state index is 12.1. The number of Topliss-reactive ketones (excluding diaryl/α,β-unsaturated/α-hetero) is 1. The van der Waals surface area contributed by atoms with Gasteiger partial charge >= 0.3 is 0 Å². The molecule has 0 atom stereocenters. The molecular formula is C16H21NO. The van der Waals surface area contributed by atoms with Crippen molar-refractivity contribution in [1.82, 2.24) is 0 Å². The van der Waals surface area contributed by atoms with Gasteiger partial charge in [0.05, 0.1) is 11.9 Å². The maximum atomic E-state index is 12.1. The Morgan fingerprint density at radius 3 is 2.28 bits per heavy atom. The Balaban J connectivity index is 1.91. The predicted octanol–water partition coefficient (Wildman–Crippen LogP) is 4.32. The number of para-hydroxylation sites is 1. The fourth-order valence-corrected chi connectivity index (χ4v) is 2.50. The number of ketones is 1. The molecular weight excluding hydrogens is 222 g/mol. The molecule has 0 spiro atoms. The molecule has 1 aliphatic carbocycles. The molecule has 0 N–H and O–H groups in total. The van der Waals surface area contributed by atoms with Crippen molar-refractivity contribution >= 4 is 17.7 Å². The van der Waals surface area contributed by atoms with Crippen LogP contribution in [0.4, 0.5) is 5.69 Å². The average Bonchev–Trinajstić information content (AvgIpc) is 2.37. The lowest BCUT2D eigenvalue weighted by Crippen LogP contribution is -2.16. The van der Waals surface area contributed by atoms with Crippen LogP contribution >= 0.6 is 0 Å². The first-order valence-corrected chi connectivity index (χ1v) is 6.99. The van der Waals surface area contributed by atoms with E-state index in [2.05, 4.69) is 4.99 Å². The Bertz CT molecular complexity index is 389. The smallest absolute Gasteiger partial charge is 0.176 e. The molecule has 0 aromatic heterocycles. The summed E-state index contributed by atoms with van der Waals surface area (Å²) < 4.78 is 0. The number of benzene rings is 1. The highest BCUT2D eigenvalue weighted by Gasteiger charge is 2.17. The zero-order valence-corrected chi connectivity index (χ0v) is 10.8.